The highest BCUT2D eigenvalue weighted by Gasteiger charge is 2.28. The lowest BCUT2D eigenvalue weighted by Crippen LogP contribution is -2.37. The molecule has 22 heavy (non-hydrogen) atoms. The lowest BCUT2D eigenvalue weighted by molar-refractivity contribution is 0.0693. The Balaban J connectivity index is 2.02. The van der Waals surface area contributed by atoms with E-state index < -0.39 is 11.5 Å². The van der Waals surface area contributed by atoms with Crippen LogP contribution in [0.5, 0.6) is 0 Å². The van der Waals surface area contributed by atoms with Gasteiger partial charge in [0.2, 0.25) is 0 Å². The maximum Gasteiger partial charge on any atom is 0.342 e. The fraction of sp³-hybridized carbons (Fsp3) is 0.312. The number of aromatic nitrogens is 2. The predicted molar refractivity (Wildman–Crippen MR) is 82.2 cm³/mol. The van der Waals surface area contributed by atoms with Gasteiger partial charge in [0.15, 0.2) is 0 Å². The second kappa shape index (κ2) is 5.63. The highest BCUT2D eigenvalue weighted by atomic mass is 16.4. The fourth-order valence-electron chi connectivity index (χ4n) is 2.85. The normalized spacial score (nSPS) is 20.2. The van der Waals surface area contributed by atoms with Crippen molar-refractivity contribution in [3.63, 3.8) is 0 Å². The van der Waals surface area contributed by atoms with Crippen molar-refractivity contribution in [2.45, 2.75) is 31.8 Å². The summed E-state index contributed by atoms with van der Waals surface area (Å²) in [6.45, 7) is 1.91. The van der Waals surface area contributed by atoms with Crippen LogP contribution >= 0.6 is 0 Å². The van der Waals surface area contributed by atoms with Crippen LogP contribution in [0.2, 0.25) is 0 Å². The fourth-order valence-corrected chi connectivity index (χ4v) is 2.85. The summed E-state index contributed by atoms with van der Waals surface area (Å²) in [6.07, 6.45) is 2.80. The SMILES string of the molecule is CC1CCC(Nc2ccccc2)c2ncc(C(=O)O)c(=O)n21. The summed E-state index contributed by atoms with van der Waals surface area (Å²) in [6, 6.07) is 9.54. The summed E-state index contributed by atoms with van der Waals surface area (Å²) in [5.74, 6) is -0.643. The van der Waals surface area contributed by atoms with E-state index >= 15 is 0 Å². The number of carboxylic acid groups (broad SMARTS) is 1. The number of para-hydroxylation sites is 1. The molecule has 0 fully saturated rings. The number of anilines is 1. The maximum atomic E-state index is 12.4. The molecule has 2 heterocycles. The topological polar surface area (TPSA) is 84.2 Å². The molecule has 0 radical (unpaired) electrons. The zero-order valence-electron chi connectivity index (χ0n) is 12.2. The molecule has 1 aromatic heterocycles. The van der Waals surface area contributed by atoms with Crippen molar-refractivity contribution in [1.82, 2.24) is 9.55 Å². The van der Waals surface area contributed by atoms with E-state index in [1.165, 1.54) is 4.57 Å². The van der Waals surface area contributed by atoms with Gasteiger partial charge in [-0.05, 0) is 31.9 Å². The first-order chi connectivity index (χ1) is 10.6. The van der Waals surface area contributed by atoms with Crippen molar-refractivity contribution >= 4 is 11.7 Å². The molecule has 0 aliphatic carbocycles. The first-order valence-electron chi connectivity index (χ1n) is 7.24. The number of fused-ring (bicyclic) bond motifs is 1. The van der Waals surface area contributed by atoms with E-state index in [1.807, 2.05) is 37.3 Å². The summed E-state index contributed by atoms with van der Waals surface area (Å²) in [7, 11) is 0. The van der Waals surface area contributed by atoms with Crippen LogP contribution in [-0.2, 0) is 0 Å². The Hall–Kier alpha value is -2.63. The molecular weight excluding hydrogens is 282 g/mol. The Kier molecular flexibility index (Phi) is 3.66. The molecule has 6 nitrogen and oxygen atoms in total. The van der Waals surface area contributed by atoms with Crippen LogP contribution in [0.1, 0.15) is 48.0 Å². The molecular formula is C16H17N3O3. The van der Waals surface area contributed by atoms with Crippen molar-refractivity contribution in [2.75, 3.05) is 5.32 Å². The zero-order chi connectivity index (χ0) is 15.7. The molecule has 0 saturated carbocycles. The summed E-state index contributed by atoms with van der Waals surface area (Å²) >= 11 is 0. The van der Waals surface area contributed by atoms with E-state index in [-0.39, 0.29) is 17.6 Å². The van der Waals surface area contributed by atoms with Crippen LogP contribution in [0.3, 0.4) is 0 Å². The molecule has 2 unspecified atom stereocenters. The average Bonchev–Trinajstić information content (AvgIpc) is 2.51. The molecule has 2 N–H and O–H groups in total. The summed E-state index contributed by atoms with van der Waals surface area (Å²) in [5, 5.41) is 12.4. The minimum absolute atomic E-state index is 0.0527. The minimum Gasteiger partial charge on any atom is -0.477 e. The van der Waals surface area contributed by atoms with Crippen LogP contribution in [0.25, 0.3) is 0 Å². The number of nitrogens with one attached hydrogen (secondary N) is 1. The largest absolute Gasteiger partial charge is 0.477 e. The molecule has 1 aliphatic rings. The van der Waals surface area contributed by atoms with Gasteiger partial charge in [-0.25, -0.2) is 9.78 Å². The Labute approximate surface area is 127 Å². The number of benzene rings is 1. The molecule has 1 aliphatic heterocycles. The third kappa shape index (κ3) is 2.47. The molecule has 6 heteroatoms. The van der Waals surface area contributed by atoms with Crippen molar-refractivity contribution in [1.29, 1.82) is 0 Å². The van der Waals surface area contributed by atoms with Gasteiger partial charge in [0, 0.05) is 17.9 Å². The molecule has 2 atom stereocenters. The average molecular weight is 299 g/mol. The first kappa shape index (κ1) is 14.3. The molecule has 0 bridgehead atoms. The van der Waals surface area contributed by atoms with Gasteiger partial charge < -0.3 is 10.4 Å². The number of carbonyl (C=O) groups is 1. The van der Waals surface area contributed by atoms with Crippen LogP contribution < -0.4 is 10.9 Å². The molecule has 0 saturated heterocycles. The summed E-state index contributed by atoms with van der Waals surface area (Å²) in [4.78, 5) is 27.7. The maximum absolute atomic E-state index is 12.4. The van der Waals surface area contributed by atoms with E-state index in [4.69, 9.17) is 5.11 Å². The summed E-state index contributed by atoms with van der Waals surface area (Å²) in [5.41, 5.74) is 0.186. The van der Waals surface area contributed by atoms with Gasteiger partial charge in [0.1, 0.15) is 11.4 Å². The van der Waals surface area contributed by atoms with Crippen molar-refractivity contribution in [2.24, 2.45) is 0 Å². The third-order valence-corrected chi connectivity index (χ3v) is 3.99. The van der Waals surface area contributed by atoms with Crippen molar-refractivity contribution in [3.05, 3.63) is 58.3 Å². The van der Waals surface area contributed by atoms with Gasteiger partial charge in [0.25, 0.3) is 5.56 Å². The lowest BCUT2D eigenvalue weighted by Gasteiger charge is -2.31. The molecule has 0 amide bonds. The van der Waals surface area contributed by atoms with E-state index in [9.17, 15) is 9.59 Å². The van der Waals surface area contributed by atoms with Gasteiger partial charge in [-0.1, -0.05) is 18.2 Å². The first-order valence-corrected chi connectivity index (χ1v) is 7.24. The van der Waals surface area contributed by atoms with Crippen LogP contribution in [0.4, 0.5) is 5.69 Å². The predicted octanol–water partition coefficient (Wildman–Crippen LogP) is 2.45. The number of hydrogen-bond acceptors (Lipinski definition) is 4. The van der Waals surface area contributed by atoms with Crippen LogP contribution in [-0.4, -0.2) is 20.6 Å². The number of aromatic carboxylic acids is 1. The van der Waals surface area contributed by atoms with E-state index in [0.717, 1.165) is 24.7 Å². The summed E-state index contributed by atoms with van der Waals surface area (Å²) < 4.78 is 1.51. The Morgan fingerprint density at radius 2 is 2.05 bits per heavy atom. The van der Waals surface area contributed by atoms with Gasteiger partial charge in [-0.2, -0.15) is 0 Å². The second-order valence-electron chi connectivity index (χ2n) is 5.50. The lowest BCUT2D eigenvalue weighted by atomic mass is 10.00. The zero-order valence-corrected chi connectivity index (χ0v) is 12.2. The van der Waals surface area contributed by atoms with Crippen LogP contribution in [0.15, 0.2) is 41.3 Å². The number of rotatable bonds is 3. The van der Waals surface area contributed by atoms with Crippen molar-refractivity contribution < 1.29 is 9.90 Å². The number of carboxylic acids is 1. The quantitative estimate of drug-likeness (QED) is 0.909. The molecule has 114 valence electrons. The second-order valence-corrected chi connectivity index (χ2v) is 5.50. The minimum atomic E-state index is -1.24. The Bertz CT molecular complexity index is 755. The standard InChI is InChI=1S/C16H17N3O3/c1-10-7-8-13(18-11-5-3-2-4-6-11)14-17-9-12(16(21)22)15(20)19(10)14/h2-6,9-10,13,18H,7-8H2,1H3,(H,21,22). The van der Waals surface area contributed by atoms with Gasteiger partial charge in [-0.3, -0.25) is 9.36 Å². The van der Waals surface area contributed by atoms with Gasteiger partial charge in [0.05, 0.1) is 6.04 Å². The van der Waals surface area contributed by atoms with Crippen LogP contribution in [0, 0.1) is 0 Å². The Morgan fingerprint density at radius 1 is 1.32 bits per heavy atom. The Morgan fingerprint density at radius 3 is 2.73 bits per heavy atom. The van der Waals surface area contributed by atoms with Gasteiger partial charge in [-0.15, -0.1) is 0 Å². The van der Waals surface area contributed by atoms with E-state index in [0.29, 0.717) is 5.82 Å². The third-order valence-electron chi connectivity index (χ3n) is 3.99. The number of hydrogen-bond donors (Lipinski definition) is 2. The monoisotopic (exact) mass is 299 g/mol. The van der Waals surface area contributed by atoms with E-state index in [1.54, 1.807) is 0 Å². The highest BCUT2D eigenvalue weighted by molar-refractivity contribution is 5.86. The molecule has 1 aromatic carbocycles. The smallest absolute Gasteiger partial charge is 0.342 e. The number of nitrogens with zero attached hydrogens (tertiary/aromatic N) is 2. The highest BCUT2D eigenvalue weighted by Crippen LogP contribution is 2.31. The molecule has 2 aromatic rings. The van der Waals surface area contributed by atoms with Crippen molar-refractivity contribution in [3.8, 4) is 0 Å². The molecule has 0 spiro atoms. The van der Waals surface area contributed by atoms with E-state index in [2.05, 4.69) is 10.3 Å². The van der Waals surface area contributed by atoms with Gasteiger partial charge >= 0.3 is 5.97 Å². The molecule has 3 rings (SSSR count).